The number of aryl methyl sites for hydroxylation is 1. The highest BCUT2D eigenvalue weighted by Gasteiger charge is 2.47. The monoisotopic (exact) mass is 352 g/mol. The summed E-state index contributed by atoms with van der Waals surface area (Å²) in [7, 11) is 0. The third kappa shape index (κ3) is 2.52. The first-order valence-electron chi connectivity index (χ1n) is 8.71. The van der Waals surface area contributed by atoms with Gasteiger partial charge in [-0.3, -0.25) is 0 Å². The van der Waals surface area contributed by atoms with E-state index in [0.717, 1.165) is 12.0 Å². The Labute approximate surface area is 153 Å². The summed E-state index contributed by atoms with van der Waals surface area (Å²) in [5.74, 6) is -2.44. The topological polar surface area (TPSA) is 74.6 Å². The van der Waals surface area contributed by atoms with Crippen LogP contribution in [0.15, 0.2) is 30.3 Å². The molecule has 0 saturated heterocycles. The van der Waals surface area contributed by atoms with Gasteiger partial charge in [0.15, 0.2) is 0 Å². The van der Waals surface area contributed by atoms with E-state index in [2.05, 4.69) is 46.8 Å². The Morgan fingerprint density at radius 3 is 2.12 bits per heavy atom. The molecule has 2 aromatic rings. The van der Waals surface area contributed by atoms with Crippen LogP contribution in [0.4, 0.5) is 0 Å². The van der Waals surface area contributed by atoms with Crippen molar-refractivity contribution in [2.75, 3.05) is 0 Å². The quantitative estimate of drug-likeness (QED) is 0.840. The predicted octanol–water partition coefficient (Wildman–Crippen LogP) is 4.69. The molecule has 136 valence electrons. The van der Waals surface area contributed by atoms with E-state index in [1.165, 1.54) is 28.3 Å². The summed E-state index contributed by atoms with van der Waals surface area (Å²) >= 11 is 0. The fraction of sp³-hybridized carbons (Fsp3) is 0.364. The van der Waals surface area contributed by atoms with Crippen molar-refractivity contribution < 1.29 is 19.8 Å². The number of fused-ring (bicyclic) bond motifs is 1. The minimum atomic E-state index is -1.22. The zero-order valence-electron chi connectivity index (χ0n) is 15.8. The van der Waals surface area contributed by atoms with E-state index >= 15 is 0 Å². The van der Waals surface area contributed by atoms with Crippen LogP contribution in [0.25, 0.3) is 0 Å². The first-order valence-corrected chi connectivity index (χ1v) is 8.71. The van der Waals surface area contributed by atoms with E-state index in [9.17, 15) is 19.8 Å². The highest BCUT2D eigenvalue weighted by molar-refractivity contribution is 6.01. The van der Waals surface area contributed by atoms with Crippen LogP contribution in [0.5, 0.6) is 0 Å². The molecule has 1 atom stereocenters. The van der Waals surface area contributed by atoms with Crippen LogP contribution in [0.3, 0.4) is 0 Å². The fourth-order valence-electron chi connectivity index (χ4n) is 4.66. The molecule has 3 rings (SSSR count). The van der Waals surface area contributed by atoms with Crippen molar-refractivity contribution in [3.8, 4) is 0 Å². The number of carboxylic acids is 2. The molecule has 0 spiro atoms. The molecule has 0 heterocycles. The first kappa shape index (κ1) is 18.2. The number of carbonyl (C=O) groups is 2. The Morgan fingerprint density at radius 1 is 0.923 bits per heavy atom. The Balaban J connectivity index is 2.29. The second-order valence-electron chi connectivity index (χ2n) is 8.19. The second-order valence-corrected chi connectivity index (χ2v) is 8.19. The maximum Gasteiger partial charge on any atom is 0.336 e. The molecule has 2 aromatic carbocycles. The molecule has 26 heavy (non-hydrogen) atoms. The van der Waals surface area contributed by atoms with Gasteiger partial charge in [0.05, 0.1) is 11.1 Å². The summed E-state index contributed by atoms with van der Waals surface area (Å²) in [6.07, 6.45) is 0.838. The molecule has 0 aliphatic heterocycles. The SMILES string of the molecule is Cc1ccc2c(c1C)C(C)(c1ccc(C(=O)O)c(C(=O)O)c1)CC2(C)C. The number of carboxylic acid groups (broad SMARTS) is 2. The second kappa shape index (κ2) is 5.70. The average Bonchev–Trinajstić information content (AvgIpc) is 2.77. The van der Waals surface area contributed by atoms with Gasteiger partial charge in [-0.25, -0.2) is 9.59 Å². The van der Waals surface area contributed by atoms with E-state index in [4.69, 9.17) is 0 Å². The lowest BCUT2D eigenvalue weighted by Crippen LogP contribution is -2.25. The molecular weight excluding hydrogens is 328 g/mol. The van der Waals surface area contributed by atoms with Gasteiger partial charge in [0.1, 0.15) is 0 Å². The molecule has 0 amide bonds. The Morgan fingerprint density at radius 2 is 1.54 bits per heavy atom. The summed E-state index contributed by atoms with van der Waals surface area (Å²) < 4.78 is 0. The molecule has 0 radical (unpaired) electrons. The maximum atomic E-state index is 11.6. The zero-order valence-corrected chi connectivity index (χ0v) is 15.8. The average molecular weight is 352 g/mol. The van der Waals surface area contributed by atoms with Crippen LogP contribution in [0.1, 0.15) is 75.7 Å². The van der Waals surface area contributed by atoms with Crippen molar-refractivity contribution in [1.29, 1.82) is 0 Å². The van der Waals surface area contributed by atoms with Crippen LogP contribution in [-0.4, -0.2) is 22.2 Å². The number of rotatable bonds is 3. The zero-order chi connectivity index (χ0) is 19.4. The van der Waals surface area contributed by atoms with E-state index in [0.29, 0.717) is 0 Å². The van der Waals surface area contributed by atoms with Crippen molar-refractivity contribution in [2.24, 2.45) is 0 Å². The van der Waals surface area contributed by atoms with Crippen LogP contribution < -0.4 is 0 Å². The smallest absolute Gasteiger partial charge is 0.336 e. The molecule has 1 aliphatic carbocycles. The lowest BCUT2D eigenvalue weighted by atomic mass is 9.73. The van der Waals surface area contributed by atoms with Gasteiger partial charge >= 0.3 is 11.9 Å². The maximum absolute atomic E-state index is 11.6. The van der Waals surface area contributed by atoms with Crippen LogP contribution in [-0.2, 0) is 10.8 Å². The van der Waals surface area contributed by atoms with Gasteiger partial charge in [-0.15, -0.1) is 0 Å². The lowest BCUT2D eigenvalue weighted by molar-refractivity contribution is 0.0651. The van der Waals surface area contributed by atoms with E-state index < -0.39 is 11.9 Å². The van der Waals surface area contributed by atoms with Gasteiger partial charge < -0.3 is 10.2 Å². The van der Waals surface area contributed by atoms with Crippen LogP contribution in [0, 0.1) is 13.8 Å². The Kier molecular flexibility index (Phi) is 3.98. The van der Waals surface area contributed by atoms with E-state index in [-0.39, 0.29) is 22.0 Å². The lowest BCUT2D eigenvalue weighted by Gasteiger charge is -2.30. The minimum absolute atomic E-state index is 0.0442. The summed E-state index contributed by atoms with van der Waals surface area (Å²) in [5.41, 5.74) is 5.04. The highest BCUT2D eigenvalue weighted by atomic mass is 16.4. The summed E-state index contributed by atoms with van der Waals surface area (Å²) in [5, 5.41) is 18.8. The Hall–Kier alpha value is -2.62. The van der Waals surface area contributed by atoms with Gasteiger partial charge in [-0.05, 0) is 65.6 Å². The van der Waals surface area contributed by atoms with Gasteiger partial charge in [0, 0.05) is 5.41 Å². The van der Waals surface area contributed by atoms with Gasteiger partial charge in [0.2, 0.25) is 0 Å². The molecule has 0 fully saturated rings. The normalized spacial score (nSPS) is 20.7. The largest absolute Gasteiger partial charge is 0.478 e. The van der Waals surface area contributed by atoms with Gasteiger partial charge in [0.25, 0.3) is 0 Å². The molecule has 4 nitrogen and oxygen atoms in total. The standard InChI is InChI=1S/C22H24O4/c1-12-6-9-17-18(13(12)2)22(5,11-21(17,3)4)14-7-8-15(19(23)24)16(10-14)20(25)26/h6-10H,11H2,1-5H3,(H,23,24)(H,25,26). The van der Waals surface area contributed by atoms with E-state index in [1.807, 2.05) is 0 Å². The molecule has 0 saturated carbocycles. The molecular formula is C22H24O4. The molecule has 2 N–H and O–H groups in total. The summed E-state index contributed by atoms with van der Waals surface area (Å²) in [6.45, 7) is 10.7. The number of aromatic carboxylic acids is 2. The van der Waals surface area contributed by atoms with Crippen LogP contribution >= 0.6 is 0 Å². The number of hydrogen-bond acceptors (Lipinski definition) is 2. The van der Waals surface area contributed by atoms with Crippen molar-refractivity contribution >= 4 is 11.9 Å². The Bertz CT molecular complexity index is 939. The molecule has 4 heteroatoms. The van der Waals surface area contributed by atoms with Crippen LogP contribution in [0.2, 0.25) is 0 Å². The molecule has 1 aliphatic rings. The van der Waals surface area contributed by atoms with Crippen molar-refractivity contribution in [1.82, 2.24) is 0 Å². The molecule has 0 bridgehead atoms. The van der Waals surface area contributed by atoms with Crippen molar-refractivity contribution in [3.05, 3.63) is 69.3 Å². The predicted molar refractivity (Wildman–Crippen MR) is 100 cm³/mol. The highest BCUT2D eigenvalue weighted by Crippen LogP contribution is 2.54. The molecule has 0 aromatic heterocycles. The van der Waals surface area contributed by atoms with Gasteiger partial charge in [-0.1, -0.05) is 39.0 Å². The third-order valence-corrected chi connectivity index (χ3v) is 5.93. The van der Waals surface area contributed by atoms with Gasteiger partial charge in [-0.2, -0.15) is 0 Å². The van der Waals surface area contributed by atoms with E-state index in [1.54, 1.807) is 12.1 Å². The fourth-order valence-corrected chi connectivity index (χ4v) is 4.66. The number of benzene rings is 2. The minimum Gasteiger partial charge on any atom is -0.478 e. The third-order valence-electron chi connectivity index (χ3n) is 5.93. The number of hydrogen-bond donors (Lipinski definition) is 2. The summed E-state index contributed by atoms with van der Waals surface area (Å²) in [6, 6.07) is 9.04. The summed E-state index contributed by atoms with van der Waals surface area (Å²) in [4.78, 5) is 23.0. The first-order chi connectivity index (χ1) is 12.0. The van der Waals surface area contributed by atoms with Crippen molar-refractivity contribution in [2.45, 2.75) is 51.9 Å². The van der Waals surface area contributed by atoms with Crippen molar-refractivity contribution in [3.63, 3.8) is 0 Å². The molecule has 1 unspecified atom stereocenters.